The minimum atomic E-state index is -0.313. The highest BCUT2D eigenvalue weighted by Crippen LogP contribution is 2.38. The number of aryl methyl sites for hydroxylation is 1. The van der Waals surface area contributed by atoms with Crippen LogP contribution in [0, 0.1) is 6.92 Å². The van der Waals surface area contributed by atoms with E-state index in [0.29, 0.717) is 0 Å². The summed E-state index contributed by atoms with van der Waals surface area (Å²) in [6, 6.07) is 12.3. The summed E-state index contributed by atoms with van der Waals surface area (Å²) in [7, 11) is 0. The van der Waals surface area contributed by atoms with E-state index in [1.807, 2.05) is 12.1 Å². The zero-order chi connectivity index (χ0) is 18.7. The van der Waals surface area contributed by atoms with E-state index in [1.54, 1.807) is 12.4 Å². The summed E-state index contributed by atoms with van der Waals surface area (Å²) in [5.74, 6) is 0.198. The number of aromatic nitrogens is 1. The number of hydrogen-bond donors (Lipinski definition) is 1. The maximum atomic E-state index is 13.6. The fraction of sp³-hybridized carbons (Fsp3) is 0.478. The van der Waals surface area contributed by atoms with Gasteiger partial charge in [0.05, 0.1) is 6.04 Å². The Morgan fingerprint density at radius 1 is 0.963 bits per heavy atom. The number of pyridine rings is 1. The van der Waals surface area contributed by atoms with Crippen molar-refractivity contribution >= 4 is 5.91 Å². The van der Waals surface area contributed by atoms with Crippen molar-refractivity contribution in [2.75, 3.05) is 13.1 Å². The first-order valence-corrected chi connectivity index (χ1v) is 10.2. The van der Waals surface area contributed by atoms with Crippen molar-refractivity contribution in [2.24, 2.45) is 0 Å². The molecule has 2 aromatic rings. The standard InChI is InChI=1S/C23H29N3O/c1-18-6-8-19(9-7-18)21(20-10-14-24-15-11-20)25-22(27)23(12-2-3-13-23)26-16-4-5-17-26/h6-11,14-15,21H,2-5,12-13,16-17H2,1H3,(H,25,27)/t21-/m0/s1. The fourth-order valence-corrected chi connectivity index (χ4v) is 4.73. The number of carbonyl (C=O) groups excluding carboxylic acids is 1. The molecule has 1 saturated carbocycles. The summed E-state index contributed by atoms with van der Waals surface area (Å²) in [5, 5.41) is 3.42. The average Bonchev–Trinajstić information content (AvgIpc) is 3.40. The summed E-state index contributed by atoms with van der Waals surface area (Å²) in [5.41, 5.74) is 3.11. The molecule has 0 radical (unpaired) electrons. The monoisotopic (exact) mass is 363 g/mol. The van der Waals surface area contributed by atoms with Gasteiger partial charge in [-0.05, 0) is 69.0 Å². The molecule has 1 atom stereocenters. The molecule has 1 aliphatic carbocycles. The number of amides is 1. The lowest BCUT2D eigenvalue weighted by Crippen LogP contribution is -2.56. The van der Waals surface area contributed by atoms with Crippen LogP contribution in [0.4, 0.5) is 0 Å². The van der Waals surface area contributed by atoms with Gasteiger partial charge in [-0.2, -0.15) is 0 Å². The highest BCUT2D eigenvalue weighted by atomic mass is 16.2. The van der Waals surface area contributed by atoms with Crippen molar-refractivity contribution in [2.45, 2.75) is 57.0 Å². The van der Waals surface area contributed by atoms with Crippen molar-refractivity contribution < 1.29 is 4.79 Å². The summed E-state index contributed by atoms with van der Waals surface area (Å²) in [4.78, 5) is 20.2. The zero-order valence-electron chi connectivity index (χ0n) is 16.2. The predicted octanol–water partition coefficient (Wildman–Crippen LogP) is 4.00. The Balaban J connectivity index is 1.64. The van der Waals surface area contributed by atoms with Crippen LogP contribution in [0.1, 0.15) is 61.3 Å². The SMILES string of the molecule is Cc1ccc([C@H](NC(=O)C2(N3CCCC3)CCCC2)c2ccncc2)cc1. The number of carbonyl (C=O) groups is 1. The first kappa shape index (κ1) is 18.2. The van der Waals surface area contributed by atoms with Gasteiger partial charge in [0.2, 0.25) is 5.91 Å². The third-order valence-corrected chi connectivity index (χ3v) is 6.29. The predicted molar refractivity (Wildman–Crippen MR) is 107 cm³/mol. The van der Waals surface area contributed by atoms with E-state index >= 15 is 0 Å². The minimum absolute atomic E-state index is 0.138. The van der Waals surface area contributed by atoms with E-state index in [0.717, 1.165) is 49.9 Å². The summed E-state index contributed by atoms with van der Waals surface area (Å²) in [6.07, 6.45) is 10.3. The highest BCUT2D eigenvalue weighted by molar-refractivity contribution is 5.87. The highest BCUT2D eigenvalue weighted by Gasteiger charge is 2.47. The van der Waals surface area contributed by atoms with E-state index in [2.05, 4.69) is 46.4 Å². The molecule has 2 fully saturated rings. The van der Waals surface area contributed by atoms with Crippen LogP contribution in [0.2, 0.25) is 0 Å². The van der Waals surface area contributed by atoms with Gasteiger partial charge >= 0.3 is 0 Å². The van der Waals surface area contributed by atoms with Crippen molar-refractivity contribution in [3.63, 3.8) is 0 Å². The molecule has 0 bridgehead atoms. The topological polar surface area (TPSA) is 45.2 Å². The van der Waals surface area contributed by atoms with Crippen LogP contribution in [0.5, 0.6) is 0 Å². The largest absolute Gasteiger partial charge is 0.344 e. The van der Waals surface area contributed by atoms with Gasteiger partial charge < -0.3 is 5.32 Å². The molecule has 4 rings (SSSR count). The van der Waals surface area contributed by atoms with Gasteiger partial charge in [0.1, 0.15) is 5.54 Å². The smallest absolute Gasteiger partial charge is 0.241 e. The van der Waals surface area contributed by atoms with E-state index in [1.165, 1.54) is 18.4 Å². The number of benzene rings is 1. The second kappa shape index (κ2) is 7.81. The quantitative estimate of drug-likeness (QED) is 0.873. The number of hydrogen-bond acceptors (Lipinski definition) is 3. The van der Waals surface area contributed by atoms with Crippen molar-refractivity contribution in [1.29, 1.82) is 0 Å². The van der Waals surface area contributed by atoms with Crippen LogP contribution in [-0.4, -0.2) is 34.4 Å². The molecule has 4 nitrogen and oxygen atoms in total. The van der Waals surface area contributed by atoms with Crippen LogP contribution in [-0.2, 0) is 4.79 Å². The third-order valence-electron chi connectivity index (χ3n) is 6.29. The summed E-state index contributed by atoms with van der Waals surface area (Å²) < 4.78 is 0. The Bertz CT molecular complexity index is 760. The Morgan fingerprint density at radius 3 is 2.19 bits per heavy atom. The van der Waals surface area contributed by atoms with Gasteiger partial charge in [0, 0.05) is 12.4 Å². The van der Waals surface area contributed by atoms with Gasteiger partial charge in [0.25, 0.3) is 0 Å². The lowest BCUT2D eigenvalue weighted by atomic mass is 9.91. The molecule has 4 heteroatoms. The van der Waals surface area contributed by atoms with Crippen LogP contribution in [0.25, 0.3) is 0 Å². The fourth-order valence-electron chi connectivity index (χ4n) is 4.73. The van der Waals surface area contributed by atoms with Crippen LogP contribution >= 0.6 is 0 Å². The second-order valence-electron chi connectivity index (χ2n) is 8.03. The van der Waals surface area contributed by atoms with Crippen LogP contribution in [0.15, 0.2) is 48.8 Å². The molecule has 142 valence electrons. The molecule has 1 aromatic carbocycles. The lowest BCUT2D eigenvalue weighted by molar-refractivity contribution is -0.133. The molecule has 1 N–H and O–H groups in total. The van der Waals surface area contributed by atoms with Gasteiger partial charge in [-0.15, -0.1) is 0 Å². The lowest BCUT2D eigenvalue weighted by Gasteiger charge is -2.38. The van der Waals surface area contributed by atoms with Crippen molar-refractivity contribution in [3.05, 3.63) is 65.5 Å². The Labute approximate surface area is 162 Å². The summed E-state index contributed by atoms with van der Waals surface area (Å²) in [6.45, 7) is 4.19. The zero-order valence-corrected chi connectivity index (χ0v) is 16.2. The molecule has 2 aliphatic rings. The number of nitrogens with one attached hydrogen (secondary N) is 1. The first-order valence-electron chi connectivity index (χ1n) is 10.2. The van der Waals surface area contributed by atoms with E-state index in [-0.39, 0.29) is 17.5 Å². The second-order valence-corrected chi connectivity index (χ2v) is 8.03. The van der Waals surface area contributed by atoms with Crippen molar-refractivity contribution in [3.8, 4) is 0 Å². The Morgan fingerprint density at radius 2 is 1.56 bits per heavy atom. The van der Waals surface area contributed by atoms with Crippen LogP contribution < -0.4 is 5.32 Å². The van der Waals surface area contributed by atoms with Crippen LogP contribution in [0.3, 0.4) is 0 Å². The maximum Gasteiger partial charge on any atom is 0.241 e. The Hall–Kier alpha value is -2.20. The van der Waals surface area contributed by atoms with Gasteiger partial charge in [-0.3, -0.25) is 14.7 Å². The molecule has 1 amide bonds. The first-order chi connectivity index (χ1) is 13.2. The normalized spacial score (nSPS) is 20.5. The van der Waals surface area contributed by atoms with E-state index in [9.17, 15) is 4.79 Å². The van der Waals surface area contributed by atoms with Gasteiger partial charge in [-0.1, -0.05) is 42.7 Å². The molecule has 1 aliphatic heterocycles. The number of likely N-dealkylation sites (tertiary alicyclic amines) is 1. The number of rotatable bonds is 5. The minimum Gasteiger partial charge on any atom is -0.344 e. The molecule has 1 saturated heterocycles. The van der Waals surface area contributed by atoms with E-state index < -0.39 is 0 Å². The molecule has 1 aromatic heterocycles. The van der Waals surface area contributed by atoms with E-state index in [4.69, 9.17) is 0 Å². The molecule has 2 heterocycles. The maximum absolute atomic E-state index is 13.6. The summed E-state index contributed by atoms with van der Waals surface area (Å²) >= 11 is 0. The molecule has 0 spiro atoms. The van der Waals surface area contributed by atoms with Gasteiger partial charge in [0.15, 0.2) is 0 Å². The van der Waals surface area contributed by atoms with Crippen molar-refractivity contribution in [1.82, 2.24) is 15.2 Å². The number of nitrogens with zero attached hydrogens (tertiary/aromatic N) is 2. The molecule has 0 unspecified atom stereocenters. The van der Waals surface area contributed by atoms with Gasteiger partial charge in [-0.25, -0.2) is 0 Å². The Kier molecular flexibility index (Phi) is 5.26. The average molecular weight is 364 g/mol. The third kappa shape index (κ3) is 3.63. The molecular formula is C23H29N3O. The molecule has 27 heavy (non-hydrogen) atoms. The molecular weight excluding hydrogens is 334 g/mol.